The zero-order valence-corrected chi connectivity index (χ0v) is 12.4. The number of hydrogen-bond acceptors (Lipinski definition) is 4. The molecule has 0 radical (unpaired) electrons. The third-order valence-corrected chi connectivity index (χ3v) is 6.50. The van der Waals surface area contributed by atoms with Gasteiger partial charge in [0.2, 0.25) is 10.0 Å². The maximum Gasteiger partial charge on any atom is 0.241 e. The van der Waals surface area contributed by atoms with Crippen LogP contribution in [0.4, 0.5) is 0 Å². The summed E-state index contributed by atoms with van der Waals surface area (Å²) in [5, 5.41) is 0. The summed E-state index contributed by atoms with van der Waals surface area (Å²) >= 11 is 1.45. The standard InChI is InChI=1S/C12H20N2O2S2/c1-8(10-4-3-5-10)14-18(15,16)12-6-11(7-13)17-9(12)2/h6,8,10,14H,3-5,7,13H2,1-2H3. The van der Waals surface area contributed by atoms with Gasteiger partial charge in [0.15, 0.2) is 0 Å². The molecule has 1 fully saturated rings. The van der Waals surface area contributed by atoms with E-state index >= 15 is 0 Å². The molecule has 102 valence electrons. The molecule has 1 aromatic rings. The van der Waals surface area contributed by atoms with Gasteiger partial charge in [-0.1, -0.05) is 6.42 Å². The zero-order chi connectivity index (χ0) is 13.3. The largest absolute Gasteiger partial charge is 0.326 e. The fourth-order valence-corrected chi connectivity index (χ4v) is 5.06. The molecule has 1 aliphatic rings. The van der Waals surface area contributed by atoms with E-state index in [0.29, 0.717) is 17.4 Å². The number of thiophene rings is 1. The highest BCUT2D eigenvalue weighted by Gasteiger charge is 2.29. The predicted molar refractivity (Wildman–Crippen MR) is 74.1 cm³/mol. The van der Waals surface area contributed by atoms with Crippen LogP contribution in [-0.2, 0) is 16.6 Å². The van der Waals surface area contributed by atoms with Crippen molar-refractivity contribution in [3.05, 3.63) is 15.8 Å². The van der Waals surface area contributed by atoms with Crippen LogP contribution in [0.1, 0.15) is 35.9 Å². The second-order valence-electron chi connectivity index (χ2n) is 4.94. The molecule has 0 aromatic carbocycles. The lowest BCUT2D eigenvalue weighted by Crippen LogP contribution is -2.40. The Kier molecular flexibility index (Phi) is 4.11. The molecule has 1 atom stereocenters. The Hall–Kier alpha value is -0.430. The maximum absolute atomic E-state index is 12.3. The summed E-state index contributed by atoms with van der Waals surface area (Å²) in [6.07, 6.45) is 3.46. The van der Waals surface area contributed by atoms with Gasteiger partial charge in [-0.05, 0) is 38.7 Å². The summed E-state index contributed by atoms with van der Waals surface area (Å²) in [4.78, 5) is 2.10. The van der Waals surface area contributed by atoms with E-state index in [-0.39, 0.29) is 6.04 Å². The molecule has 0 saturated heterocycles. The molecular weight excluding hydrogens is 268 g/mol. The summed E-state index contributed by atoms with van der Waals surface area (Å²) < 4.78 is 27.4. The van der Waals surface area contributed by atoms with Crippen molar-refractivity contribution in [2.75, 3.05) is 0 Å². The molecular formula is C12H20N2O2S2. The molecule has 1 heterocycles. The highest BCUT2D eigenvalue weighted by atomic mass is 32.2. The Bertz CT molecular complexity index is 518. The van der Waals surface area contributed by atoms with E-state index < -0.39 is 10.0 Å². The average molecular weight is 288 g/mol. The number of hydrogen-bond donors (Lipinski definition) is 2. The molecule has 3 N–H and O–H groups in total. The molecule has 1 aromatic heterocycles. The Labute approximate surface area is 113 Å². The second-order valence-corrected chi connectivity index (χ2v) is 7.96. The molecule has 0 amide bonds. The normalized spacial score (nSPS) is 18.6. The topological polar surface area (TPSA) is 72.2 Å². The van der Waals surface area contributed by atoms with E-state index in [1.54, 1.807) is 6.07 Å². The van der Waals surface area contributed by atoms with Gasteiger partial charge in [-0.3, -0.25) is 0 Å². The third kappa shape index (κ3) is 2.77. The minimum absolute atomic E-state index is 0.0179. The maximum atomic E-state index is 12.3. The summed E-state index contributed by atoms with van der Waals surface area (Å²) in [5.41, 5.74) is 5.55. The van der Waals surface area contributed by atoms with E-state index in [9.17, 15) is 8.42 Å². The Morgan fingerprint density at radius 2 is 2.22 bits per heavy atom. The number of nitrogens with two attached hydrogens (primary N) is 1. The van der Waals surface area contributed by atoms with E-state index in [2.05, 4.69) is 4.72 Å². The molecule has 4 nitrogen and oxygen atoms in total. The van der Waals surface area contributed by atoms with Crippen LogP contribution in [0.5, 0.6) is 0 Å². The van der Waals surface area contributed by atoms with Crippen molar-refractivity contribution in [3.8, 4) is 0 Å². The lowest BCUT2D eigenvalue weighted by atomic mass is 9.81. The highest BCUT2D eigenvalue weighted by Crippen LogP contribution is 2.31. The SMILES string of the molecule is Cc1sc(CN)cc1S(=O)(=O)NC(C)C1CCC1. The number of nitrogens with one attached hydrogen (secondary N) is 1. The number of aryl methyl sites for hydroxylation is 1. The molecule has 18 heavy (non-hydrogen) atoms. The summed E-state index contributed by atoms with van der Waals surface area (Å²) in [5.74, 6) is 0.493. The average Bonchev–Trinajstić information content (AvgIpc) is 2.56. The Morgan fingerprint density at radius 3 is 2.67 bits per heavy atom. The van der Waals surface area contributed by atoms with Crippen molar-refractivity contribution in [1.29, 1.82) is 0 Å². The quantitative estimate of drug-likeness (QED) is 0.870. The first-order valence-corrected chi connectivity index (χ1v) is 8.55. The lowest BCUT2D eigenvalue weighted by Gasteiger charge is -2.31. The van der Waals surface area contributed by atoms with Gasteiger partial charge in [-0.2, -0.15) is 0 Å². The molecule has 1 unspecified atom stereocenters. The first kappa shape index (κ1) is 14.0. The molecule has 0 spiro atoms. The van der Waals surface area contributed by atoms with Crippen molar-refractivity contribution in [1.82, 2.24) is 4.72 Å². The molecule has 1 aliphatic carbocycles. The smallest absolute Gasteiger partial charge is 0.241 e. The molecule has 1 saturated carbocycles. The van der Waals surface area contributed by atoms with Crippen molar-refractivity contribution in [2.45, 2.75) is 50.6 Å². The second kappa shape index (κ2) is 5.28. The van der Waals surface area contributed by atoms with Crippen LogP contribution in [0.15, 0.2) is 11.0 Å². The summed E-state index contributed by atoms with van der Waals surface area (Å²) in [6.45, 7) is 4.17. The molecule has 6 heteroatoms. The van der Waals surface area contributed by atoms with Crippen molar-refractivity contribution in [2.24, 2.45) is 11.7 Å². The third-order valence-electron chi connectivity index (χ3n) is 3.61. The minimum atomic E-state index is -3.40. The molecule has 2 rings (SSSR count). The van der Waals surface area contributed by atoms with Crippen molar-refractivity contribution >= 4 is 21.4 Å². The number of sulfonamides is 1. The fourth-order valence-electron chi connectivity index (χ4n) is 2.24. The van der Waals surface area contributed by atoms with Gasteiger partial charge in [-0.15, -0.1) is 11.3 Å². The van der Waals surface area contributed by atoms with Crippen LogP contribution < -0.4 is 10.5 Å². The van der Waals surface area contributed by atoms with Crippen LogP contribution in [0.2, 0.25) is 0 Å². The van der Waals surface area contributed by atoms with Crippen molar-refractivity contribution < 1.29 is 8.42 Å². The van der Waals surface area contributed by atoms with Gasteiger partial charge < -0.3 is 5.73 Å². The van der Waals surface area contributed by atoms with Gasteiger partial charge in [0.25, 0.3) is 0 Å². The van der Waals surface area contributed by atoms with Crippen LogP contribution in [-0.4, -0.2) is 14.5 Å². The molecule has 0 aliphatic heterocycles. The minimum Gasteiger partial charge on any atom is -0.326 e. The number of rotatable bonds is 5. The van der Waals surface area contributed by atoms with E-state index in [4.69, 9.17) is 5.73 Å². The van der Waals surface area contributed by atoms with Gasteiger partial charge in [0.05, 0.1) is 4.90 Å². The Morgan fingerprint density at radius 1 is 1.56 bits per heavy atom. The summed E-state index contributed by atoms with van der Waals surface area (Å²) in [6, 6.07) is 1.71. The van der Waals surface area contributed by atoms with Crippen LogP contribution in [0.25, 0.3) is 0 Å². The van der Waals surface area contributed by atoms with Gasteiger partial charge in [0.1, 0.15) is 0 Å². The molecule has 0 bridgehead atoms. The Balaban J connectivity index is 2.16. The van der Waals surface area contributed by atoms with Crippen LogP contribution in [0, 0.1) is 12.8 Å². The van der Waals surface area contributed by atoms with E-state index in [0.717, 1.165) is 22.6 Å². The first-order chi connectivity index (χ1) is 8.44. The van der Waals surface area contributed by atoms with Crippen molar-refractivity contribution in [3.63, 3.8) is 0 Å². The van der Waals surface area contributed by atoms with Gasteiger partial charge >= 0.3 is 0 Å². The predicted octanol–water partition coefficient (Wildman–Crippen LogP) is 1.98. The van der Waals surface area contributed by atoms with E-state index in [1.807, 2.05) is 13.8 Å². The van der Waals surface area contributed by atoms with Crippen LogP contribution in [0.3, 0.4) is 0 Å². The zero-order valence-electron chi connectivity index (χ0n) is 10.8. The van der Waals surface area contributed by atoms with Gasteiger partial charge in [-0.25, -0.2) is 13.1 Å². The van der Waals surface area contributed by atoms with E-state index in [1.165, 1.54) is 17.8 Å². The monoisotopic (exact) mass is 288 g/mol. The first-order valence-electron chi connectivity index (χ1n) is 6.25. The van der Waals surface area contributed by atoms with Crippen LogP contribution >= 0.6 is 11.3 Å². The fraction of sp³-hybridized carbons (Fsp3) is 0.667. The lowest BCUT2D eigenvalue weighted by molar-refractivity contribution is 0.260. The highest BCUT2D eigenvalue weighted by molar-refractivity contribution is 7.89. The summed E-state index contributed by atoms with van der Waals surface area (Å²) in [7, 11) is -3.40. The van der Waals surface area contributed by atoms with Gasteiger partial charge in [0, 0.05) is 22.3 Å².